The number of piperazine rings is 1. The molecule has 2 heterocycles. The molecule has 2 aliphatic rings. The number of benzene rings is 1. The second-order valence-corrected chi connectivity index (χ2v) is 7.85. The maximum Gasteiger partial charge on any atom is 0.260 e. The van der Waals surface area contributed by atoms with Crippen molar-refractivity contribution < 1.29 is 14.3 Å². The summed E-state index contributed by atoms with van der Waals surface area (Å²) in [6.07, 6.45) is 5.96. The monoisotopic (exact) mass is 408 g/mol. The lowest BCUT2D eigenvalue weighted by Gasteiger charge is -2.35. The van der Waals surface area contributed by atoms with E-state index >= 15 is 0 Å². The van der Waals surface area contributed by atoms with Gasteiger partial charge in [-0.2, -0.15) is 0 Å². The SMILES string of the molecule is O=C(Nc1ccc(N2CCN(C(=O)COc3ccccc3)CC2)nc1)C1CCCC1. The van der Waals surface area contributed by atoms with Crippen LogP contribution in [-0.2, 0) is 9.59 Å². The van der Waals surface area contributed by atoms with E-state index in [9.17, 15) is 9.59 Å². The molecule has 7 nitrogen and oxygen atoms in total. The molecule has 0 atom stereocenters. The van der Waals surface area contributed by atoms with Gasteiger partial charge in [-0.3, -0.25) is 9.59 Å². The average Bonchev–Trinajstić information content (AvgIpc) is 3.34. The van der Waals surface area contributed by atoms with E-state index < -0.39 is 0 Å². The van der Waals surface area contributed by atoms with Crippen LogP contribution in [-0.4, -0.2) is 54.5 Å². The van der Waals surface area contributed by atoms with Crippen molar-refractivity contribution in [3.05, 3.63) is 48.7 Å². The van der Waals surface area contributed by atoms with Crippen LogP contribution in [0.25, 0.3) is 0 Å². The van der Waals surface area contributed by atoms with Crippen LogP contribution >= 0.6 is 0 Å². The Morgan fingerprint density at radius 3 is 2.40 bits per heavy atom. The van der Waals surface area contributed by atoms with E-state index in [1.165, 1.54) is 0 Å². The van der Waals surface area contributed by atoms with Crippen molar-refractivity contribution in [2.45, 2.75) is 25.7 Å². The first-order chi connectivity index (χ1) is 14.7. The molecule has 2 fully saturated rings. The Morgan fingerprint density at radius 2 is 1.73 bits per heavy atom. The molecule has 0 bridgehead atoms. The summed E-state index contributed by atoms with van der Waals surface area (Å²) in [6, 6.07) is 13.2. The molecule has 1 aromatic heterocycles. The van der Waals surface area contributed by atoms with E-state index in [4.69, 9.17) is 4.74 Å². The van der Waals surface area contributed by atoms with E-state index in [0.29, 0.717) is 18.8 Å². The first kappa shape index (κ1) is 20.2. The van der Waals surface area contributed by atoms with Crippen LogP contribution in [0.1, 0.15) is 25.7 Å². The average molecular weight is 409 g/mol. The van der Waals surface area contributed by atoms with Crippen molar-refractivity contribution in [3.8, 4) is 5.75 Å². The third-order valence-corrected chi connectivity index (χ3v) is 5.80. The van der Waals surface area contributed by atoms with E-state index in [-0.39, 0.29) is 24.3 Å². The highest BCUT2D eigenvalue weighted by atomic mass is 16.5. The Labute approximate surface area is 177 Å². The second kappa shape index (κ2) is 9.61. The number of nitrogens with zero attached hydrogens (tertiary/aromatic N) is 3. The fourth-order valence-corrected chi connectivity index (χ4v) is 4.02. The first-order valence-electron chi connectivity index (χ1n) is 10.7. The van der Waals surface area contributed by atoms with E-state index in [1.807, 2.05) is 47.4 Å². The van der Waals surface area contributed by atoms with Crippen molar-refractivity contribution in [2.24, 2.45) is 5.92 Å². The van der Waals surface area contributed by atoms with Crippen LogP contribution in [0.15, 0.2) is 48.7 Å². The third-order valence-electron chi connectivity index (χ3n) is 5.80. The lowest BCUT2D eigenvalue weighted by atomic mass is 10.1. The van der Waals surface area contributed by atoms with Gasteiger partial charge in [-0.1, -0.05) is 31.0 Å². The Morgan fingerprint density at radius 1 is 1.00 bits per heavy atom. The molecular formula is C23H28N4O3. The quantitative estimate of drug-likeness (QED) is 0.796. The molecule has 1 aliphatic carbocycles. The molecule has 1 N–H and O–H groups in total. The Kier molecular flexibility index (Phi) is 6.47. The molecule has 1 aromatic carbocycles. The fraction of sp³-hybridized carbons (Fsp3) is 0.435. The minimum Gasteiger partial charge on any atom is -0.484 e. The van der Waals surface area contributed by atoms with Gasteiger partial charge in [-0.25, -0.2) is 4.98 Å². The zero-order valence-corrected chi connectivity index (χ0v) is 17.1. The van der Waals surface area contributed by atoms with E-state index in [2.05, 4.69) is 15.2 Å². The summed E-state index contributed by atoms with van der Waals surface area (Å²) in [5.41, 5.74) is 0.738. The van der Waals surface area contributed by atoms with E-state index in [0.717, 1.165) is 50.3 Å². The van der Waals surface area contributed by atoms with Gasteiger partial charge < -0.3 is 19.9 Å². The summed E-state index contributed by atoms with van der Waals surface area (Å²) >= 11 is 0. The van der Waals surface area contributed by atoms with Gasteiger partial charge in [0.05, 0.1) is 11.9 Å². The molecular weight excluding hydrogens is 380 g/mol. The number of para-hydroxylation sites is 1. The Balaban J connectivity index is 1.23. The number of carbonyl (C=O) groups is 2. The summed E-state index contributed by atoms with van der Waals surface area (Å²) in [5.74, 6) is 1.81. The van der Waals surface area contributed by atoms with Crippen LogP contribution in [0.4, 0.5) is 11.5 Å². The molecule has 2 amide bonds. The molecule has 1 saturated heterocycles. The highest BCUT2D eigenvalue weighted by Crippen LogP contribution is 2.26. The number of ether oxygens (including phenoxy) is 1. The highest BCUT2D eigenvalue weighted by molar-refractivity contribution is 5.92. The third kappa shape index (κ3) is 5.09. The number of nitrogens with one attached hydrogen (secondary N) is 1. The summed E-state index contributed by atoms with van der Waals surface area (Å²) in [5, 5.41) is 2.98. The Hall–Kier alpha value is -3.09. The molecule has 4 rings (SSSR count). The van der Waals surface area contributed by atoms with Crippen molar-refractivity contribution in [1.29, 1.82) is 0 Å². The Bertz CT molecular complexity index is 843. The molecule has 2 aromatic rings. The van der Waals surface area contributed by atoms with Crippen LogP contribution in [0.5, 0.6) is 5.75 Å². The minimum atomic E-state index is -0.00330. The van der Waals surface area contributed by atoms with Crippen LogP contribution < -0.4 is 15.0 Å². The largest absolute Gasteiger partial charge is 0.484 e. The molecule has 1 saturated carbocycles. The number of aromatic nitrogens is 1. The standard InChI is InChI=1S/C23H28N4O3/c28-22(17-30-20-8-2-1-3-9-20)27-14-12-26(13-15-27)21-11-10-19(16-24-21)25-23(29)18-6-4-5-7-18/h1-3,8-11,16,18H,4-7,12-15,17H2,(H,25,29). The van der Waals surface area contributed by atoms with E-state index in [1.54, 1.807) is 6.20 Å². The van der Waals surface area contributed by atoms with Gasteiger partial charge >= 0.3 is 0 Å². The smallest absolute Gasteiger partial charge is 0.260 e. The van der Waals surface area contributed by atoms with Gasteiger partial charge in [-0.15, -0.1) is 0 Å². The van der Waals surface area contributed by atoms with Gasteiger partial charge in [0.25, 0.3) is 5.91 Å². The number of rotatable bonds is 6. The number of pyridine rings is 1. The zero-order chi connectivity index (χ0) is 20.8. The maximum atomic E-state index is 12.4. The summed E-state index contributed by atoms with van der Waals surface area (Å²) in [4.78, 5) is 33.1. The highest BCUT2D eigenvalue weighted by Gasteiger charge is 2.24. The topological polar surface area (TPSA) is 74.8 Å². The van der Waals surface area contributed by atoms with Gasteiger partial charge in [0.1, 0.15) is 11.6 Å². The number of anilines is 2. The van der Waals surface area contributed by atoms with Crippen molar-refractivity contribution in [1.82, 2.24) is 9.88 Å². The molecule has 30 heavy (non-hydrogen) atoms. The van der Waals surface area contributed by atoms with Crippen LogP contribution in [0, 0.1) is 5.92 Å². The van der Waals surface area contributed by atoms with Gasteiger partial charge in [-0.05, 0) is 37.1 Å². The van der Waals surface area contributed by atoms with Crippen LogP contribution in [0.3, 0.4) is 0 Å². The van der Waals surface area contributed by atoms with Crippen molar-refractivity contribution >= 4 is 23.3 Å². The number of hydrogen-bond acceptors (Lipinski definition) is 5. The normalized spacial score (nSPS) is 17.1. The number of amides is 2. The lowest BCUT2D eigenvalue weighted by Crippen LogP contribution is -2.50. The molecule has 0 unspecified atom stereocenters. The predicted molar refractivity (Wildman–Crippen MR) is 116 cm³/mol. The summed E-state index contributed by atoms with van der Waals surface area (Å²) in [7, 11) is 0. The van der Waals surface area contributed by atoms with Gasteiger partial charge in [0.2, 0.25) is 5.91 Å². The first-order valence-corrected chi connectivity index (χ1v) is 10.7. The maximum absolute atomic E-state index is 12.4. The summed E-state index contributed by atoms with van der Waals surface area (Å²) < 4.78 is 5.56. The summed E-state index contributed by atoms with van der Waals surface area (Å²) in [6.45, 7) is 2.77. The molecule has 1 aliphatic heterocycles. The number of hydrogen-bond donors (Lipinski definition) is 1. The van der Waals surface area contributed by atoms with Gasteiger partial charge in [0, 0.05) is 32.1 Å². The fourth-order valence-electron chi connectivity index (χ4n) is 4.02. The minimum absolute atomic E-state index is 0.00330. The molecule has 0 radical (unpaired) electrons. The van der Waals surface area contributed by atoms with Crippen molar-refractivity contribution in [2.75, 3.05) is 43.0 Å². The molecule has 158 valence electrons. The zero-order valence-electron chi connectivity index (χ0n) is 17.1. The molecule has 7 heteroatoms. The molecule has 0 spiro atoms. The lowest BCUT2D eigenvalue weighted by molar-refractivity contribution is -0.133. The number of carbonyl (C=O) groups excluding carboxylic acids is 2. The predicted octanol–water partition coefficient (Wildman–Crippen LogP) is 2.94. The van der Waals surface area contributed by atoms with Crippen LogP contribution in [0.2, 0.25) is 0 Å². The van der Waals surface area contributed by atoms with Crippen molar-refractivity contribution in [3.63, 3.8) is 0 Å². The van der Waals surface area contributed by atoms with Gasteiger partial charge in [0.15, 0.2) is 6.61 Å². The second-order valence-electron chi connectivity index (χ2n) is 7.85.